The highest BCUT2D eigenvalue weighted by atomic mass is 35.5. The number of hydrogen-bond donors (Lipinski definition) is 1. The summed E-state index contributed by atoms with van der Waals surface area (Å²) in [5.74, 6) is 0.673. The van der Waals surface area contributed by atoms with Crippen molar-refractivity contribution in [1.29, 1.82) is 0 Å². The van der Waals surface area contributed by atoms with Gasteiger partial charge in [0.05, 0.1) is 5.60 Å². The van der Waals surface area contributed by atoms with Gasteiger partial charge >= 0.3 is 0 Å². The van der Waals surface area contributed by atoms with Crippen LogP contribution in [-0.2, 0) is 0 Å². The van der Waals surface area contributed by atoms with Crippen LogP contribution in [0.3, 0.4) is 0 Å². The van der Waals surface area contributed by atoms with Crippen molar-refractivity contribution < 1.29 is 9.90 Å². The van der Waals surface area contributed by atoms with Crippen molar-refractivity contribution in [3.63, 3.8) is 0 Å². The summed E-state index contributed by atoms with van der Waals surface area (Å²) in [7, 11) is 0. The van der Waals surface area contributed by atoms with E-state index in [1.165, 1.54) is 0 Å². The molecule has 5 nitrogen and oxygen atoms in total. The molecule has 1 N–H and O–H groups in total. The monoisotopic (exact) mass is 333 g/mol. The Morgan fingerprint density at radius 1 is 1.09 bits per heavy atom. The first-order valence-electron chi connectivity index (χ1n) is 7.49. The van der Waals surface area contributed by atoms with Gasteiger partial charge in [0.1, 0.15) is 0 Å². The number of benzene rings is 1. The fourth-order valence-electron chi connectivity index (χ4n) is 2.78. The van der Waals surface area contributed by atoms with Gasteiger partial charge in [-0.3, -0.25) is 4.79 Å². The van der Waals surface area contributed by atoms with Crippen LogP contribution in [0.2, 0.25) is 0 Å². The lowest BCUT2D eigenvalue weighted by atomic mass is 9.85. The molecule has 0 aliphatic carbocycles. The lowest BCUT2D eigenvalue weighted by molar-refractivity contribution is 0.0107. The first-order valence-corrected chi connectivity index (χ1v) is 7.49. The number of anilines is 1. The number of piperidine rings is 1. The number of ketones is 1. The third kappa shape index (κ3) is 4.27. The number of aliphatic hydroxyl groups is 1. The first-order chi connectivity index (χ1) is 10.7. The molecule has 1 fully saturated rings. The molecule has 0 saturated carbocycles. The van der Waals surface area contributed by atoms with E-state index in [0.29, 0.717) is 37.4 Å². The molecule has 0 amide bonds. The van der Waals surface area contributed by atoms with Gasteiger partial charge in [-0.2, -0.15) is 0 Å². The van der Waals surface area contributed by atoms with E-state index in [0.717, 1.165) is 0 Å². The van der Waals surface area contributed by atoms with Gasteiger partial charge < -0.3 is 10.0 Å². The third-order valence-corrected chi connectivity index (χ3v) is 4.11. The third-order valence-electron chi connectivity index (χ3n) is 4.11. The van der Waals surface area contributed by atoms with E-state index >= 15 is 0 Å². The first kappa shape index (κ1) is 17.4. The summed E-state index contributed by atoms with van der Waals surface area (Å²) < 4.78 is 0. The summed E-state index contributed by atoms with van der Waals surface area (Å²) in [5.41, 5.74) is -0.275. The number of nitrogens with zero attached hydrogens (tertiary/aromatic N) is 3. The normalized spacial score (nSPS) is 16.5. The molecule has 6 heteroatoms. The second kappa shape index (κ2) is 7.53. The smallest absolute Gasteiger partial charge is 0.225 e. The molecule has 1 aliphatic heterocycles. The molecule has 0 bridgehead atoms. The molecular formula is C17H20ClN3O2. The molecule has 0 unspecified atom stereocenters. The van der Waals surface area contributed by atoms with Crippen LogP contribution in [0.4, 0.5) is 5.95 Å². The molecule has 0 atom stereocenters. The molecule has 1 saturated heterocycles. The van der Waals surface area contributed by atoms with E-state index in [-0.39, 0.29) is 24.6 Å². The Balaban J connectivity index is 0.00000192. The zero-order valence-corrected chi connectivity index (χ0v) is 13.6. The van der Waals surface area contributed by atoms with Crippen molar-refractivity contribution in [2.75, 3.05) is 18.0 Å². The number of carbonyl (C=O) groups excluding carboxylic acids is 1. The molecule has 1 aromatic carbocycles. The van der Waals surface area contributed by atoms with Crippen molar-refractivity contribution in [1.82, 2.24) is 9.97 Å². The van der Waals surface area contributed by atoms with E-state index in [2.05, 4.69) is 9.97 Å². The summed E-state index contributed by atoms with van der Waals surface area (Å²) >= 11 is 0. The van der Waals surface area contributed by atoms with E-state index in [9.17, 15) is 9.90 Å². The predicted octanol–water partition coefficient (Wildman–Crippen LogP) is 2.50. The van der Waals surface area contributed by atoms with Crippen LogP contribution in [0.15, 0.2) is 48.8 Å². The molecule has 1 aliphatic rings. The van der Waals surface area contributed by atoms with Gasteiger partial charge in [-0.05, 0) is 18.9 Å². The second-order valence-corrected chi connectivity index (χ2v) is 5.73. The Kier molecular flexibility index (Phi) is 5.69. The predicted molar refractivity (Wildman–Crippen MR) is 91.1 cm³/mol. The fourth-order valence-corrected chi connectivity index (χ4v) is 2.78. The number of aromatic nitrogens is 2. The average molecular weight is 334 g/mol. The van der Waals surface area contributed by atoms with Crippen LogP contribution in [-0.4, -0.2) is 39.5 Å². The zero-order valence-electron chi connectivity index (χ0n) is 12.8. The number of carbonyl (C=O) groups is 1. The quantitative estimate of drug-likeness (QED) is 0.871. The Labute approximate surface area is 141 Å². The molecule has 3 rings (SSSR count). The van der Waals surface area contributed by atoms with Crippen LogP contribution < -0.4 is 4.90 Å². The number of halogens is 1. The second-order valence-electron chi connectivity index (χ2n) is 5.73. The summed E-state index contributed by atoms with van der Waals surface area (Å²) in [6.07, 6.45) is 4.68. The molecule has 0 radical (unpaired) electrons. The Morgan fingerprint density at radius 2 is 1.70 bits per heavy atom. The van der Waals surface area contributed by atoms with Gasteiger partial charge in [-0.15, -0.1) is 12.4 Å². The lowest BCUT2D eigenvalue weighted by Crippen LogP contribution is -2.46. The highest BCUT2D eigenvalue weighted by Gasteiger charge is 2.35. The SMILES string of the molecule is Cl.O=C(CC1(O)CCN(c2ncccn2)CC1)c1ccccc1. The summed E-state index contributed by atoms with van der Waals surface area (Å²) in [5, 5.41) is 10.7. The topological polar surface area (TPSA) is 66.3 Å². The highest BCUT2D eigenvalue weighted by molar-refractivity contribution is 5.96. The van der Waals surface area contributed by atoms with Crippen LogP contribution in [0.5, 0.6) is 0 Å². The van der Waals surface area contributed by atoms with Crippen LogP contribution in [0.1, 0.15) is 29.6 Å². The fraction of sp³-hybridized carbons (Fsp3) is 0.353. The minimum atomic E-state index is -0.932. The maximum atomic E-state index is 12.3. The standard InChI is InChI=1S/C17H19N3O2.ClH/c21-15(14-5-2-1-3-6-14)13-17(22)7-11-20(12-8-17)16-18-9-4-10-19-16;/h1-6,9-10,22H,7-8,11-13H2;1H. The van der Waals surface area contributed by atoms with Crippen LogP contribution in [0.25, 0.3) is 0 Å². The van der Waals surface area contributed by atoms with Crippen molar-refractivity contribution in [2.24, 2.45) is 0 Å². The van der Waals surface area contributed by atoms with E-state index in [1.54, 1.807) is 30.6 Å². The minimum absolute atomic E-state index is 0. The number of hydrogen-bond acceptors (Lipinski definition) is 5. The van der Waals surface area contributed by atoms with Gasteiger partial charge in [-0.25, -0.2) is 9.97 Å². The Bertz CT molecular complexity index is 629. The van der Waals surface area contributed by atoms with Crippen molar-refractivity contribution in [3.8, 4) is 0 Å². The van der Waals surface area contributed by atoms with E-state index in [4.69, 9.17) is 0 Å². The maximum absolute atomic E-state index is 12.3. The van der Waals surface area contributed by atoms with Gasteiger partial charge in [0, 0.05) is 37.5 Å². The molecule has 0 spiro atoms. The van der Waals surface area contributed by atoms with Crippen LogP contribution >= 0.6 is 12.4 Å². The van der Waals surface area contributed by atoms with E-state index in [1.807, 2.05) is 23.1 Å². The number of Topliss-reactive ketones (excluding diaryl/α,β-unsaturated/α-hetero) is 1. The zero-order chi connectivity index (χ0) is 15.4. The molecular weight excluding hydrogens is 314 g/mol. The van der Waals surface area contributed by atoms with Gasteiger partial charge in [0.15, 0.2) is 5.78 Å². The summed E-state index contributed by atoms with van der Waals surface area (Å²) in [6.45, 7) is 1.31. The Morgan fingerprint density at radius 3 is 2.30 bits per heavy atom. The molecule has 1 aromatic heterocycles. The molecule has 23 heavy (non-hydrogen) atoms. The van der Waals surface area contributed by atoms with E-state index < -0.39 is 5.60 Å². The molecule has 2 heterocycles. The van der Waals surface area contributed by atoms with Gasteiger partial charge in [0.25, 0.3) is 0 Å². The van der Waals surface area contributed by atoms with Gasteiger partial charge in [0.2, 0.25) is 5.95 Å². The highest BCUT2D eigenvalue weighted by Crippen LogP contribution is 2.28. The van der Waals surface area contributed by atoms with Gasteiger partial charge in [-0.1, -0.05) is 30.3 Å². The minimum Gasteiger partial charge on any atom is -0.389 e. The van der Waals surface area contributed by atoms with Crippen molar-refractivity contribution in [3.05, 3.63) is 54.4 Å². The van der Waals surface area contributed by atoms with Crippen molar-refractivity contribution in [2.45, 2.75) is 24.9 Å². The summed E-state index contributed by atoms with van der Waals surface area (Å²) in [4.78, 5) is 22.8. The van der Waals surface area contributed by atoms with Crippen molar-refractivity contribution >= 4 is 24.1 Å². The maximum Gasteiger partial charge on any atom is 0.225 e. The molecule has 2 aromatic rings. The largest absolute Gasteiger partial charge is 0.389 e. The Hall–Kier alpha value is -1.98. The lowest BCUT2D eigenvalue weighted by Gasteiger charge is -2.37. The average Bonchev–Trinajstić information content (AvgIpc) is 2.57. The molecule has 122 valence electrons. The number of rotatable bonds is 4. The summed E-state index contributed by atoms with van der Waals surface area (Å²) in [6, 6.07) is 10.9. The van der Waals surface area contributed by atoms with Crippen LogP contribution in [0, 0.1) is 0 Å².